The van der Waals surface area contributed by atoms with Crippen LogP contribution in [-0.4, -0.2) is 48.5 Å². The van der Waals surface area contributed by atoms with E-state index in [-0.39, 0.29) is 5.91 Å². The standard InChI is InChI=1S/C12H24N2OS/c1-11(16-2)6-7-13-10-12(15)14-8-4-3-5-9-14/h11,13H,3-10H2,1-2H3. The van der Waals surface area contributed by atoms with Gasteiger partial charge in [0, 0.05) is 18.3 Å². The van der Waals surface area contributed by atoms with Crippen LogP contribution >= 0.6 is 11.8 Å². The maximum atomic E-state index is 11.8. The quantitative estimate of drug-likeness (QED) is 0.722. The minimum absolute atomic E-state index is 0.275. The summed E-state index contributed by atoms with van der Waals surface area (Å²) in [5.74, 6) is 0.275. The Morgan fingerprint density at radius 3 is 2.69 bits per heavy atom. The summed E-state index contributed by atoms with van der Waals surface area (Å²) in [7, 11) is 0. The largest absolute Gasteiger partial charge is 0.342 e. The summed E-state index contributed by atoms with van der Waals surface area (Å²) in [5.41, 5.74) is 0. The summed E-state index contributed by atoms with van der Waals surface area (Å²) in [6.07, 6.45) is 6.89. The molecule has 0 saturated carbocycles. The Labute approximate surface area is 103 Å². The van der Waals surface area contributed by atoms with E-state index in [4.69, 9.17) is 0 Å². The number of hydrogen-bond donors (Lipinski definition) is 1. The molecule has 16 heavy (non-hydrogen) atoms. The second kappa shape index (κ2) is 7.96. The molecular weight excluding hydrogens is 220 g/mol. The van der Waals surface area contributed by atoms with Crippen LogP contribution in [0.2, 0.25) is 0 Å². The molecule has 1 heterocycles. The number of carbonyl (C=O) groups excluding carboxylic acids is 1. The van der Waals surface area contributed by atoms with Gasteiger partial charge in [0.25, 0.3) is 0 Å². The zero-order valence-electron chi connectivity index (χ0n) is 10.5. The van der Waals surface area contributed by atoms with Gasteiger partial charge in [0.15, 0.2) is 0 Å². The third kappa shape index (κ3) is 5.21. The van der Waals surface area contributed by atoms with E-state index in [2.05, 4.69) is 18.5 Å². The van der Waals surface area contributed by atoms with E-state index < -0.39 is 0 Å². The Morgan fingerprint density at radius 1 is 1.38 bits per heavy atom. The molecule has 1 saturated heterocycles. The fourth-order valence-corrected chi connectivity index (χ4v) is 2.23. The van der Waals surface area contributed by atoms with Gasteiger partial charge in [-0.2, -0.15) is 11.8 Å². The first-order valence-corrected chi connectivity index (χ1v) is 7.54. The van der Waals surface area contributed by atoms with Crippen molar-refractivity contribution in [3.05, 3.63) is 0 Å². The minimum atomic E-state index is 0.275. The number of piperidine rings is 1. The molecule has 1 N–H and O–H groups in total. The number of amides is 1. The Bertz CT molecular complexity index is 205. The number of carbonyl (C=O) groups is 1. The lowest BCUT2D eigenvalue weighted by Crippen LogP contribution is -2.41. The van der Waals surface area contributed by atoms with E-state index in [1.807, 2.05) is 16.7 Å². The lowest BCUT2D eigenvalue weighted by molar-refractivity contribution is -0.131. The van der Waals surface area contributed by atoms with Gasteiger partial charge in [-0.3, -0.25) is 4.79 Å². The number of nitrogens with zero attached hydrogens (tertiary/aromatic N) is 1. The SMILES string of the molecule is CSC(C)CCNCC(=O)N1CCCCC1. The highest BCUT2D eigenvalue weighted by molar-refractivity contribution is 7.99. The number of likely N-dealkylation sites (tertiary alicyclic amines) is 1. The molecule has 0 spiro atoms. The predicted octanol–water partition coefficient (Wildman–Crippen LogP) is 1.73. The summed E-state index contributed by atoms with van der Waals surface area (Å²) in [6.45, 7) is 5.60. The van der Waals surface area contributed by atoms with Crippen LogP contribution < -0.4 is 5.32 Å². The van der Waals surface area contributed by atoms with Crippen LogP contribution in [0.5, 0.6) is 0 Å². The van der Waals surface area contributed by atoms with Crippen LogP contribution in [0.1, 0.15) is 32.6 Å². The first kappa shape index (κ1) is 13.8. The van der Waals surface area contributed by atoms with E-state index in [1.54, 1.807) is 0 Å². The Kier molecular flexibility index (Phi) is 6.88. The fraction of sp³-hybridized carbons (Fsp3) is 0.917. The summed E-state index contributed by atoms with van der Waals surface area (Å²) in [6, 6.07) is 0. The number of rotatable bonds is 6. The molecule has 1 fully saturated rings. The Morgan fingerprint density at radius 2 is 2.06 bits per heavy atom. The molecule has 0 bridgehead atoms. The van der Waals surface area contributed by atoms with Crippen LogP contribution in [0, 0.1) is 0 Å². The lowest BCUT2D eigenvalue weighted by atomic mass is 10.1. The normalized spacial score (nSPS) is 18.5. The van der Waals surface area contributed by atoms with Crippen molar-refractivity contribution in [3.8, 4) is 0 Å². The average Bonchev–Trinajstić information content (AvgIpc) is 2.35. The minimum Gasteiger partial charge on any atom is -0.342 e. The van der Waals surface area contributed by atoms with Crippen molar-refractivity contribution in [2.45, 2.75) is 37.9 Å². The molecule has 94 valence electrons. The molecule has 0 aromatic carbocycles. The second-order valence-electron chi connectivity index (χ2n) is 4.45. The summed E-state index contributed by atoms with van der Waals surface area (Å²) in [4.78, 5) is 13.8. The van der Waals surface area contributed by atoms with Gasteiger partial charge in [-0.25, -0.2) is 0 Å². The molecule has 1 aliphatic heterocycles. The second-order valence-corrected chi connectivity index (χ2v) is 5.73. The van der Waals surface area contributed by atoms with Crippen molar-refractivity contribution < 1.29 is 4.79 Å². The van der Waals surface area contributed by atoms with Crippen LogP contribution in [0.15, 0.2) is 0 Å². The number of nitrogens with one attached hydrogen (secondary N) is 1. The highest BCUT2D eigenvalue weighted by atomic mass is 32.2. The van der Waals surface area contributed by atoms with Crippen LogP contribution in [0.4, 0.5) is 0 Å². The van der Waals surface area contributed by atoms with Gasteiger partial charge in [0.2, 0.25) is 5.91 Å². The highest BCUT2D eigenvalue weighted by Crippen LogP contribution is 2.09. The van der Waals surface area contributed by atoms with E-state index in [1.165, 1.54) is 19.3 Å². The molecule has 0 aromatic rings. The van der Waals surface area contributed by atoms with Crippen LogP contribution in [0.25, 0.3) is 0 Å². The third-order valence-corrected chi connectivity index (χ3v) is 4.16. The van der Waals surface area contributed by atoms with Crippen LogP contribution in [-0.2, 0) is 4.79 Å². The summed E-state index contributed by atoms with van der Waals surface area (Å²) < 4.78 is 0. The first-order valence-electron chi connectivity index (χ1n) is 6.25. The zero-order chi connectivity index (χ0) is 11.8. The van der Waals surface area contributed by atoms with Gasteiger partial charge in [-0.1, -0.05) is 6.92 Å². The monoisotopic (exact) mass is 244 g/mol. The molecule has 1 amide bonds. The molecule has 0 aliphatic carbocycles. The Hall–Kier alpha value is -0.220. The van der Waals surface area contributed by atoms with Gasteiger partial charge in [-0.15, -0.1) is 0 Å². The smallest absolute Gasteiger partial charge is 0.236 e. The molecule has 4 heteroatoms. The van der Waals surface area contributed by atoms with Crippen LogP contribution in [0.3, 0.4) is 0 Å². The van der Waals surface area contributed by atoms with E-state index in [9.17, 15) is 4.79 Å². The van der Waals surface area contributed by atoms with E-state index >= 15 is 0 Å². The molecule has 1 atom stereocenters. The molecule has 3 nitrogen and oxygen atoms in total. The van der Waals surface area contributed by atoms with Crippen molar-refractivity contribution in [2.75, 3.05) is 32.4 Å². The average molecular weight is 244 g/mol. The van der Waals surface area contributed by atoms with Crippen molar-refractivity contribution in [2.24, 2.45) is 0 Å². The van der Waals surface area contributed by atoms with Crippen molar-refractivity contribution in [3.63, 3.8) is 0 Å². The van der Waals surface area contributed by atoms with E-state index in [0.717, 1.165) is 26.1 Å². The summed E-state index contributed by atoms with van der Waals surface area (Å²) >= 11 is 1.88. The molecule has 1 unspecified atom stereocenters. The topological polar surface area (TPSA) is 32.3 Å². The molecular formula is C12H24N2OS. The zero-order valence-corrected chi connectivity index (χ0v) is 11.3. The molecule has 1 rings (SSSR count). The van der Waals surface area contributed by atoms with Crippen molar-refractivity contribution >= 4 is 17.7 Å². The van der Waals surface area contributed by atoms with Gasteiger partial charge >= 0.3 is 0 Å². The first-order chi connectivity index (χ1) is 7.74. The maximum Gasteiger partial charge on any atom is 0.236 e. The van der Waals surface area contributed by atoms with Gasteiger partial charge < -0.3 is 10.2 Å². The molecule has 0 aromatic heterocycles. The van der Waals surface area contributed by atoms with Gasteiger partial charge in [-0.05, 0) is 38.5 Å². The molecule has 0 radical (unpaired) electrons. The predicted molar refractivity (Wildman–Crippen MR) is 70.9 cm³/mol. The fourth-order valence-electron chi connectivity index (χ4n) is 1.87. The Balaban J connectivity index is 2.05. The maximum absolute atomic E-state index is 11.8. The van der Waals surface area contributed by atoms with Gasteiger partial charge in [0.05, 0.1) is 6.54 Å². The van der Waals surface area contributed by atoms with Crippen molar-refractivity contribution in [1.29, 1.82) is 0 Å². The lowest BCUT2D eigenvalue weighted by Gasteiger charge is -2.26. The van der Waals surface area contributed by atoms with Crippen molar-refractivity contribution in [1.82, 2.24) is 10.2 Å². The van der Waals surface area contributed by atoms with E-state index in [0.29, 0.717) is 11.8 Å². The molecule has 1 aliphatic rings. The summed E-state index contributed by atoms with van der Waals surface area (Å²) in [5, 5.41) is 3.92. The number of hydrogen-bond acceptors (Lipinski definition) is 3. The highest BCUT2D eigenvalue weighted by Gasteiger charge is 2.15. The number of thioether (sulfide) groups is 1. The van der Waals surface area contributed by atoms with Gasteiger partial charge in [0.1, 0.15) is 0 Å². The third-order valence-electron chi connectivity index (χ3n) is 3.12.